The molecule has 51 heteroatoms. The van der Waals surface area contributed by atoms with Gasteiger partial charge in [-0.25, -0.2) is 0 Å². The molecule has 0 aromatic rings. The van der Waals surface area contributed by atoms with E-state index >= 15 is 0 Å². The third-order valence-corrected chi connectivity index (χ3v) is 20.4. The van der Waals surface area contributed by atoms with Crippen LogP contribution >= 0.6 is 0 Å². The van der Waals surface area contributed by atoms with Crippen LogP contribution in [-0.2, 0) is 99.8 Å². The first-order chi connectivity index (χ1) is 54.4. The quantitative estimate of drug-likeness (QED) is 0.0284. The van der Waals surface area contributed by atoms with E-state index in [0.29, 0.717) is 0 Å². The number of aliphatic hydroxyl groups is 25. The van der Waals surface area contributed by atoms with Crippen molar-refractivity contribution >= 4 is 29.5 Å². The summed E-state index contributed by atoms with van der Waals surface area (Å²) in [4.78, 5) is 63.3. The Kier molecular flexibility index (Phi) is 35.9. The molecule has 0 aromatic carbocycles. The molecule has 0 radical (unpaired) electrons. The van der Waals surface area contributed by atoms with Crippen molar-refractivity contribution in [3.05, 3.63) is 0 Å². The van der Waals surface area contributed by atoms with Gasteiger partial charge in [-0.05, 0) is 0 Å². The van der Waals surface area contributed by atoms with Crippen LogP contribution in [-0.4, -0.2) is 493 Å². The number of nitrogens with one attached hydrogen (secondary N) is 5. The lowest BCUT2D eigenvalue weighted by Crippen LogP contribution is -2.71. The number of amides is 5. The zero-order chi connectivity index (χ0) is 85.2. The minimum Gasteiger partial charge on any atom is -0.394 e. The number of ether oxygens (including phenoxy) is 16. The first-order valence-electron chi connectivity index (χ1n) is 36.5. The topological polar surface area (TPSA) is 799 Å². The van der Waals surface area contributed by atoms with Crippen molar-refractivity contribution in [2.75, 3.05) is 66.1 Å². The number of rotatable bonds is 34. The molecule has 0 aliphatic carbocycles. The molecule has 8 rings (SSSR count). The summed E-state index contributed by atoms with van der Waals surface area (Å²) in [5, 5.41) is 289. The molecule has 30 N–H and O–H groups in total. The summed E-state index contributed by atoms with van der Waals surface area (Å²) < 4.78 is 95.5. The second-order valence-electron chi connectivity index (χ2n) is 28.7. The van der Waals surface area contributed by atoms with Gasteiger partial charge in [0.1, 0.15) is 213 Å². The van der Waals surface area contributed by atoms with Crippen molar-refractivity contribution in [1.82, 2.24) is 26.6 Å². The fourth-order valence-electron chi connectivity index (χ4n) is 14.4. The predicted molar refractivity (Wildman–Crippen MR) is 357 cm³/mol. The zero-order valence-corrected chi connectivity index (χ0v) is 62.2. The maximum Gasteiger partial charge on any atom is 0.217 e. The Balaban J connectivity index is 1.16. The van der Waals surface area contributed by atoms with Crippen LogP contribution in [0.5, 0.6) is 0 Å². The van der Waals surface area contributed by atoms with Gasteiger partial charge in [0.15, 0.2) is 50.3 Å². The second-order valence-corrected chi connectivity index (χ2v) is 28.7. The van der Waals surface area contributed by atoms with Gasteiger partial charge in [-0.2, -0.15) is 0 Å². The molecule has 8 aliphatic heterocycles. The summed E-state index contributed by atoms with van der Waals surface area (Å²) in [7, 11) is 0. The third-order valence-electron chi connectivity index (χ3n) is 20.4. The standard InChI is InChI=1S/C64H109N5O46/c1-16(79)65-21(6-70)35(85)50(22(84)7-71)109-58-32(67-18(3)81)43(93)53(29(14-78)105-58)112-62-49(99)54(113-64-56(47(97)39(89)26(11-75)104-64)115-60-33(68-19(4)82)42(92)51(27(12-76)106-60)110-57-31(66-17(2)80)41(91)36(86)23(8-72)101-57)40(90)30(108-62)15-100-63-55(46(96)38(88)25(10-74)103-63)114-59-34(69-20(5)83)44(94)52(28(13-77)107-59)111-61-48(98)45(95)37(87)24(9-73)102-61/h21-64,70-78,84-99H,6-15H2,1-5H3,(H,65,79)(H,66,80)(H,67,81)(H,68,82)(H,69,83)/t21-,22+,23+,24+,25+,26+,27+,28+,29+,30+,31+,32+,33+,34+,35+,36-,37-,38+,39+,40+,41+,42+,43+,44+,45-,46-,47-,48+,49-,50+,51+,52+,53+,54-,55-,56-,57?,58?,59?,60?,61?,62?,63?,64?/m0/s1. The van der Waals surface area contributed by atoms with Crippen LogP contribution in [0.1, 0.15) is 34.6 Å². The second kappa shape index (κ2) is 43.0. The molecule has 51 nitrogen and oxygen atoms in total. The molecular formula is C64H109N5O46. The van der Waals surface area contributed by atoms with Gasteiger partial charge in [0.25, 0.3) is 0 Å². The predicted octanol–water partition coefficient (Wildman–Crippen LogP) is -20.3. The van der Waals surface area contributed by atoms with Gasteiger partial charge in [-0.3, -0.25) is 24.0 Å². The number of carbonyl (C=O) groups excluding carboxylic acids is 5. The largest absolute Gasteiger partial charge is 0.394 e. The molecular weight excluding hydrogens is 1570 g/mol. The summed E-state index contributed by atoms with van der Waals surface area (Å²) >= 11 is 0. The van der Waals surface area contributed by atoms with Crippen LogP contribution in [0.2, 0.25) is 0 Å². The summed E-state index contributed by atoms with van der Waals surface area (Å²) in [6, 6.07) is -9.20. The van der Waals surface area contributed by atoms with Crippen molar-refractivity contribution in [1.29, 1.82) is 0 Å². The van der Waals surface area contributed by atoms with E-state index in [4.69, 9.17) is 75.8 Å². The number of hydrogen-bond acceptors (Lipinski definition) is 46. The Labute approximate surface area is 652 Å². The number of aliphatic hydroxyl groups excluding tert-OH is 25. The smallest absolute Gasteiger partial charge is 0.217 e. The highest BCUT2D eigenvalue weighted by Gasteiger charge is 2.61. The SMILES string of the molecule is CC(=O)N[C@@H](CO)[C@@H](O)[C@H](OC1O[C@H](CO)[C@@H](OC2O[C@H](COC3O[C@H](CO)[C@@H](O)[C@H](O)[C@@H]3OC3O[C@H](CO)[C@@H](OC4O[C@H](CO)[C@H](O)[C@H](O)[C@H]4O)[C@H](O)[C@H]3NC(C)=O)[C@@H](O)[C@H](OC3O[C@H](CO)[C@@H](O)[C@H](O)[C@@H]3OC3O[C@H](CO)[C@@H](OC4O[C@H](CO)[C@H](O)[C@H](O)[C@H]4NC(C)=O)[C@H](O)[C@H]3NC(C)=O)[C@@H]2O)[C@H](O)[C@H]1NC(C)=O)[C@H](O)CO. The average molecular weight is 1680 g/mol. The van der Waals surface area contributed by atoms with E-state index in [1.807, 2.05) is 0 Å². The fraction of sp³-hybridized carbons (Fsp3) is 0.922. The maximum atomic E-state index is 13.0. The van der Waals surface area contributed by atoms with Crippen LogP contribution < -0.4 is 26.6 Å². The van der Waals surface area contributed by atoms with Crippen LogP contribution in [0.4, 0.5) is 0 Å². The molecule has 115 heavy (non-hydrogen) atoms. The van der Waals surface area contributed by atoms with Gasteiger partial charge in [-0.15, -0.1) is 0 Å². The van der Waals surface area contributed by atoms with Crippen LogP contribution in [0, 0.1) is 0 Å². The van der Waals surface area contributed by atoms with Gasteiger partial charge < -0.3 is 230 Å². The lowest BCUT2D eigenvalue weighted by molar-refractivity contribution is -0.398. The van der Waals surface area contributed by atoms with E-state index in [9.17, 15) is 152 Å². The van der Waals surface area contributed by atoms with Crippen LogP contribution in [0.25, 0.3) is 0 Å². The van der Waals surface area contributed by atoms with E-state index in [1.54, 1.807) is 0 Å². The van der Waals surface area contributed by atoms with E-state index < -0.39 is 365 Å². The first kappa shape index (κ1) is 96.2. The van der Waals surface area contributed by atoms with Crippen molar-refractivity contribution in [3.8, 4) is 0 Å². The molecule has 0 aromatic heterocycles. The number of carbonyl (C=O) groups is 5. The average Bonchev–Trinajstić information content (AvgIpc) is 0.774. The fourth-order valence-corrected chi connectivity index (χ4v) is 14.4. The Morgan fingerprint density at radius 3 is 1.01 bits per heavy atom. The lowest BCUT2D eigenvalue weighted by atomic mass is 9.94. The molecule has 8 fully saturated rings. The molecule has 0 saturated carbocycles. The monoisotopic (exact) mass is 1680 g/mol. The van der Waals surface area contributed by atoms with Crippen molar-refractivity contribution in [2.24, 2.45) is 0 Å². The van der Waals surface area contributed by atoms with E-state index in [2.05, 4.69) is 26.6 Å². The maximum absolute atomic E-state index is 13.0. The van der Waals surface area contributed by atoms with Crippen molar-refractivity contribution in [2.45, 2.75) is 304 Å². The molecule has 666 valence electrons. The molecule has 8 heterocycles. The normalized spacial score (nSPS) is 45.0. The van der Waals surface area contributed by atoms with Crippen LogP contribution in [0.15, 0.2) is 0 Å². The third kappa shape index (κ3) is 22.3. The van der Waals surface area contributed by atoms with E-state index in [0.717, 1.165) is 34.6 Å². The molecule has 0 spiro atoms. The van der Waals surface area contributed by atoms with E-state index in [-0.39, 0.29) is 0 Å². The zero-order valence-electron chi connectivity index (χ0n) is 62.2. The summed E-state index contributed by atoms with van der Waals surface area (Å²) in [5.74, 6) is -4.52. The van der Waals surface area contributed by atoms with Gasteiger partial charge in [0.2, 0.25) is 29.5 Å². The van der Waals surface area contributed by atoms with Gasteiger partial charge in [-0.1, -0.05) is 0 Å². The molecule has 8 unspecified atom stereocenters. The first-order valence-corrected chi connectivity index (χ1v) is 36.5. The molecule has 0 bridgehead atoms. The molecule has 5 amide bonds. The van der Waals surface area contributed by atoms with Gasteiger partial charge >= 0.3 is 0 Å². The Morgan fingerprint density at radius 2 is 0.609 bits per heavy atom. The molecule has 8 saturated heterocycles. The van der Waals surface area contributed by atoms with Gasteiger partial charge in [0, 0.05) is 34.6 Å². The summed E-state index contributed by atoms with van der Waals surface area (Å²) in [5.41, 5.74) is 0. The van der Waals surface area contributed by atoms with Crippen molar-refractivity contribution in [3.63, 3.8) is 0 Å². The minimum atomic E-state index is -2.61. The lowest BCUT2D eigenvalue weighted by Gasteiger charge is -2.51. The highest BCUT2D eigenvalue weighted by atomic mass is 16.8. The summed E-state index contributed by atoms with van der Waals surface area (Å²) in [6.07, 6.45) is -82.5. The Morgan fingerprint density at radius 1 is 0.296 bits per heavy atom. The van der Waals surface area contributed by atoms with E-state index in [1.165, 1.54) is 0 Å². The molecule has 44 atom stereocenters. The highest BCUT2D eigenvalue weighted by molar-refractivity contribution is 5.75. The van der Waals surface area contributed by atoms with Gasteiger partial charge in [0.05, 0.1) is 72.1 Å². The Hall–Kier alpha value is -4.29. The Bertz CT molecular complexity index is 3050. The van der Waals surface area contributed by atoms with Crippen molar-refractivity contribution < 1.29 is 227 Å². The molecule has 8 aliphatic rings. The van der Waals surface area contributed by atoms with Crippen LogP contribution in [0.3, 0.4) is 0 Å². The highest BCUT2D eigenvalue weighted by Crippen LogP contribution is 2.40. The number of hydrogen-bond donors (Lipinski definition) is 30. The summed E-state index contributed by atoms with van der Waals surface area (Å²) in [6.45, 7) is -6.42. The minimum absolute atomic E-state index is 0.815.